The van der Waals surface area contributed by atoms with Gasteiger partial charge in [0.05, 0.1) is 10.0 Å². The number of halogens is 4. The van der Waals surface area contributed by atoms with Crippen molar-refractivity contribution in [3.05, 3.63) is 58.3 Å². The first-order chi connectivity index (χ1) is 11.5. The van der Waals surface area contributed by atoms with E-state index >= 15 is 0 Å². The van der Waals surface area contributed by atoms with Gasteiger partial charge in [-0.15, -0.1) is 10.2 Å². The second-order valence-corrected chi connectivity index (χ2v) is 6.69. The van der Waals surface area contributed by atoms with Gasteiger partial charge in [0, 0.05) is 5.56 Å². The van der Waals surface area contributed by atoms with E-state index in [1.165, 1.54) is 10.6 Å². The molecule has 4 nitrogen and oxygen atoms in total. The Balaban J connectivity index is 1.87. The lowest BCUT2D eigenvalue weighted by molar-refractivity contribution is 0.603. The third-order valence-electron chi connectivity index (χ3n) is 3.33. The van der Waals surface area contributed by atoms with E-state index < -0.39 is 17.5 Å². The van der Waals surface area contributed by atoms with E-state index in [9.17, 15) is 13.2 Å². The SMILES string of the molecule is Fc1ccc(F)c(-c2nn3c(-c4ccc(F)c(Br)c4)nnc3s2)c1. The maximum Gasteiger partial charge on any atom is 0.235 e. The molecule has 2 aromatic heterocycles. The topological polar surface area (TPSA) is 43.1 Å². The zero-order chi connectivity index (χ0) is 16.8. The smallest absolute Gasteiger partial charge is 0.207 e. The van der Waals surface area contributed by atoms with Crippen LogP contribution in [0, 0.1) is 17.5 Å². The first-order valence-electron chi connectivity index (χ1n) is 6.66. The third-order valence-corrected chi connectivity index (χ3v) is 4.87. The van der Waals surface area contributed by atoms with Crippen molar-refractivity contribution in [2.75, 3.05) is 0 Å². The molecular formula is C15H6BrF3N4S. The maximum absolute atomic E-state index is 13.9. The van der Waals surface area contributed by atoms with Crippen LogP contribution in [0.1, 0.15) is 0 Å². The van der Waals surface area contributed by atoms with E-state index in [4.69, 9.17) is 0 Å². The Labute approximate surface area is 145 Å². The lowest BCUT2D eigenvalue weighted by Gasteiger charge is -2.00. The van der Waals surface area contributed by atoms with Gasteiger partial charge < -0.3 is 0 Å². The minimum absolute atomic E-state index is 0.0525. The third kappa shape index (κ3) is 2.49. The molecule has 0 radical (unpaired) electrons. The van der Waals surface area contributed by atoms with Crippen LogP contribution in [0.2, 0.25) is 0 Å². The van der Waals surface area contributed by atoms with Gasteiger partial charge in [-0.25, -0.2) is 13.2 Å². The highest BCUT2D eigenvalue weighted by atomic mass is 79.9. The van der Waals surface area contributed by atoms with Crippen molar-refractivity contribution in [2.45, 2.75) is 0 Å². The Morgan fingerprint density at radius 1 is 0.958 bits per heavy atom. The van der Waals surface area contributed by atoms with Crippen LogP contribution < -0.4 is 0 Å². The quantitative estimate of drug-likeness (QED) is 0.480. The standard InChI is InChI=1S/C15H6BrF3N4S/c16-10-5-7(1-3-12(10)19)13-20-21-15-23(13)22-14(24-15)9-6-8(17)2-4-11(9)18/h1-6H. The average Bonchev–Trinajstić information content (AvgIpc) is 3.13. The fourth-order valence-corrected chi connectivity index (χ4v) is 3.44. The van der Waals surface area contributed by atoms with Gasteiger partial charge in [0.1, 0.15) is 17.5 Å². The number of rotatable bonds is 2. The highest BCUT2D eigenvalue weighted by Gasteiger charge is 2.17. The molecule has 0 aliphatic rings. The summed E-state index contributed by atoms with van der Waals surface area (Å²) in [5, 5.41) is 12.6. The molecule has 0 saturated carbocycles. The Kier molecular flexibility index (Phi) is 3.61. The highest BCUT2D eigenvalue weighted by Crippen LogP contribution is 2.31. The van der Waals surface area contributed by atoms with Gasteiger partial charge in [0.25, 0.3) is 0 Å². The zero-order valence-electron chi connectivity index (χ0n) is 11.7. The molecule has 9 heteroatoms. The molecule has 2 heterocycles. The molecule has 4 aromatic rings. The van der Waals surface area contributed by atoms with Crippen molar-refractivity contribution >= 4 is 32.2 Å². The van der Waals surface area contributed by atoms with Gasteiger partial charge in [0.15, 0.2) is 10.8 Å². The van der Waals surface area contributed by atoms with E-state index in [1.807, 2.05) is 0 Å². The second-order valence-electron chi connectivity index (χ2n) is 4.88. The van der Waals surface area contributed by atoms with Crippen LogP contribution >= 0.6 is 27.3 Å². The Morgan fingerprint density at radius 3 is 2.54 bits per heavy atom. The summed E-state index contributed by atoms with van der Waals surface area (Å²) in [5.74, 6) is -1.15. The molecule has 0 bridgehead atoms. The molecule has 2 aromatic carbocycles. The van der Waals surface area contributed by atoms with E-state index in [0.29, 0.717) is 16.3 Å². The Bertz CT molecular complexity index is 1080. The average molecular weight is 411 g/mol. The predicted octanol–water partition coefficient (Wildman–Crippen LogP) is 4.70. The molecule has 0 aliphatic heterocycles. The van der Waals surface area contributed by atoms with Crippen LogP contribution in [0.25, 0.3) is 26.9 Å². The van der Waals surface area contributed by atoms with Crippen molar-refractivity contribution < 1.29 is 13.2 Å². The summed E-state index contributed by atoms with van der Waals surface area (Å²) in [4.78, 5) is 0.420. The molecule has 0 unspecified atom stereocenters. The van der Waals surface area contributed by atoms with Crippen LogP contribution in [0.4, 0.5) is 13.2 Å². The Hall–Kier alpha value is -2.26. The van der Waals surface area contributed by atoms with Gasteiger partial charge in [0.2, 0.25) is 4.96 Å². The molecule has 0 saturated heterocycles. The van der Waals surface area contributed by atoms with Crippen LogP contribution in [0.3, 0.4) is 0 Å². The van der Waals surface area contributed by atoms with Crippen molar-refractivity contribution in [3.63, 3.8) is 0 Å². The van der Waals surface area contributed by atoms with Crippen molar-refractivity contribution in [3.8, 4) is 22.0 Å². The molecule has 24 heavy (non-hydrogen) atoms. The van der Waals surface area contributed by atoms with Crippen molar-refractivity contribution in [1.29, 1.82) is 0 Å². The maximum atomic E-state index is 13.9. The molecule has 4 rings (SSSR count). The summed E-state index contributed by atoms with van der Waals surface area (Å²) in [6, 6.07) is 7.55. The fourth-order valence-electron chi connectivity index (χ4n) is 2.20. The molecule has 0 fully saturated rings. The summed E-state index contributed by atoms with van der Waals surface area (Å²) in [6.45, 7) is 0. The summed E-state index contributed by atoms with van der Waals surface area (Å²) in [6.07, 6.45) is 0. The second kappa shape index (κ2) is 5.67. The van der Waals surface area contributed by atoms with Crippen molar-refractivity contribution in [1.82, 2.24) is 19.8 Å². The van der Waals surface area contributed by atoms with Crippen LogP contribution in [0.15, 0.2) is 40.9 Å². The van der Waals surface area contributed by atoms with Crippen LogP contribution in [-0.2, 0) is 0 Å². The van der Waals surface area contributed by atoms with Gasteiger partial charge in [-0.2, -0.15) is 9.61 Å². The zero-order valence-corrected chi connectivity index (χ0v) is 14.1. The molecule has 0 amide bonds. The summed E-state index contributed by atoms with van der Waals surface area (Å²) in [7, 11) is 0. The minimum atomic E-state index is -0.576. The number of hydrogen-bond acceptors (Lipinski definition) is 4. The number of benzene rings is 2. The first-order valence-corrected chi connectivity index (χ1v) is 8.27. The van der Waals surface area contributed by atoms with E-state index in [0.717, 1.165) is 29.5 Å². The largest absolute Gasteiger partial charge is 0.235 e. The van der Waals surface area contributed by atoms with Crippen molar-refractivity contribution in [2.24, 2.45) is 0 Å². The molecule has 0 N–H and O–H groups in total. The molecular weight excluding hydrogens is 405 g/mol. The van der Waals surface area contributed by atoms with Crippen LogP contribution in [-0.4, -0.2) is 19.8 Å². The monoisotopic (exact) mass is 410 g/mol. The van der Waals surface area contributed by atoms with Gasteiger partial charge in [-0.1, -0.05) is 11.3 Å². The van der Waals surface area contributed by atoms with E-state index in [2.05, 4.69) is 31.2 Å². The highest BCUT2D eigenvalue weighted by molar-refractivity contribution is 9.10. The summed E-state index contributed by atoms with van der Waals surface area (Å²) in [5.41, 5.74) is 0.643. The Morgan fingerprint density at radius 2 is 1.75 bits per heavy atom. The lowest BCUT2D eigenvalue weighted by atomic mass is 10.2. The summed E-state index contributed by atoms with van der Waals surface area (Å²) < 4.78 is 42.4. The molecule has 0 spiro atoms. The molecule has 120 valence electrons. The van der Waals surface area contributed by atoms with E-state index in [1.54, 1.807) is 12.1 Å². The minimum Gasteiger partial charge on any atom is -0.207 e. The number of fused-ring (bicyclic) bond motifs is 1. The van der Waals surface area contributed by atoms with Crippen LogP contribution in [0.5, 0.6) is 0 Å². The predicted molar refractivity (Wildman–Crippen MR) is 87.1 cm³/mol. The number of nitrogens with zero attached hydrogens (tertiary/aromatic N) is 4. The van der Waals surface area contributed by atoms with Gasteiger partial charge in [-0.05, 0) is 52.3 Å². The normalized spacial score (nSPS) is 11.3. The number of aromatic nitrogens is 4. The molecule has 0 atom stereocenters. The fraction of sp³-hybridized carbons (Fsp3) is 0. The van der Waals surface area contributed by atoms with Gasteiger partial charge in [-0.3, -0.25) is 0 Å². The van der Waals surface area contributed by atoms with Gasteiger partial charge >= 0.3 is 0 Å². The first kappa shape index (κ1) is 15.3. The number of hydrogen-bond donors (Lipinski definition) is 0. The molecule has 0 aliphatic carbocycles. The summed E-state index contributed by atoms with van der Waals surface area (Å²) >= 11 is 4.20. The van der Waals surface area contributed by atoms with E-state index in [-0.39, 0.29) is 15.0 Å². The lowest BCUT2D eigenvalue weighted by Crippen LogP contribution is -1.93.